The second kappa shape index (κ2) is 6.62. The number of hydrazone groups is 1. The average molecular weight is 366 g/mol. The van der Waals surface area contributed by atoms with Gasteiger partial charge in [0.05, 0.1) is 5.69 Å². The van der Waals surface area contributed by atoms with E-state index in [1.165, 1.54) is 18.2 Å². The summed E-state index contributed by atoms with van der Waals surface area (Å²) in [5.74, 6) is -0.514. The molecule has 1 rings (SSSR count). The van der Waals surface area contributed by atoms with Crippen molar-refractivity contribution >= 4 is 44.9 Å². The summed E-state index contributed by atoms with van der Waals surface area (Å²) >= 11 is 2.84. The van der Waals surface area contributed by atoms with E-state index < -0.39 is 11.3 Å². The lowest BCUT2D eigenvalue weighted by Crippen LogP contribution is -2.21. The van der Waals surface area contributed by atoms with Gasteiger partial charge in [0.25, 0.3) is 0 Å². The van der Waals surface area contributed by atoms with Crippen LogP contribution in [-0.2, 0) is 0 Å². The minimum atomic E-state index is -4.37. The molecule has 10 heteroatoms. The Bertz CT molecular complexity index is 594. The summed E-state index contributed by atoms with van der Waals surface area (Å²) in [7, 11) is 0. The Morgan fingerprint density at radius 2 is 2.15 bits per heavy atom. The molecule has 0 fully saturated rings. The van der Waals surface area contributed by atoms with Crippen LogP contribution in [0.4, 0.5) is 18.9 Å². The number of nitrogens with two attached hydrogens (primary N) is 1. The number of thioether (sulfide) groups is 1. The molecule has 4 N–H and O–H groups in total. The second-order valence-electron chi connectivity index (χ2n) is 3.29. The van der Waals surface area contributed by atoms with Gasteiger partial charge in [-0.25, -0.2) is 0 Å². The number of hydrogen-bond acceptors (Lipinski definition) is 5. The number of nitriles is 1. The molecule has 0 unspecified atom stereocenters. The fourth-order valence-electron chi connectivity index (χ4n) is 1.05. The van der Waals surface area contributed by atoms with Crippen LogP contribution < -0.4 is 11.2 Å². The number of halogens is 4. The third-order valence-corrected chi connectivity index (χ3v) is 3.20. The molecule has 1 aromatic carbocycles. The summed E-state index contributed by atoms with van der Waals surface area (Å²) < 4.78 is 36.9. The SMILES string of the molecule is N#C/C(=N\Nc1ccc(SC(F)(F)F)cc1Br)C(=N)N. The summed E-state index contributed by atoms with van der Waals surface area (Å²) in [6.07, 6.45) is 0. The quantitative estimate of drug-likeness (QED) is 0.330. The standard InChI is InChI=1S/C10H7BrF3N5S/c11-6-3-5(20-10(12,13)14)1-2-7(6)18-19-8(4-15)9(16)17/h1-3,18H,(H3,16,17)/b19-8+. The van der Waals surface area contributed by atoms with Crippen molar-refractivity contribution in [2.45, 2.75) is 10.4 Å². The van der Waals surface area contributed by atoms with E-state index >= 15 is 0 Å². The van der Waals surface area contributed by atoms with Crippen molar-refractivity contribution in [2.75, 3.05) is 5.43 Å². The molecule has 0 aliphatic carbocycles. The monoisotopic (exact) mass is 365 g/mol. The van der Waals surface area contributed by atoms with E-state index in [-0.39, 0.29) is 22.4 Å². The van der Waals surface area contributed by atoms with Crippen molar-refractivity contribution in [1.29, 1.82) is 10.7 Å². The number of nitrogens with one attached hydrogen (secondary N) is 2. The van der Waals surface area contributed by atoms with E-state index in [0.717, 1.165) is 0 Å². The maximum absolute atomic E-state index is 12.2. The summed E-state index contributed by atoms with van der Waals surface area (Å²) in [5.41, 5.74) is 3.18. The highest BCUT2D eigenvalue weighted by molar-refractivity contribution is 9.10. The van der Waals surface area contributed by atoms with Gasteiger partial charge in [-0.15, -0.1) is 0 Å². The van der Waals surface area contributed by atoms with Crippen LogP contribution in [-0.4, -0.2) is 17.1 Å². The fraction of sp³-hybridized carbons (Fsp3) is 0.100. The molecule has 0 saturated heterocycles. The van der Waals surface area contributed by atoms with Crippen LogP contribution in [0.3, 0.4) is 0 Å². The third-order valence-electron chi connectivity index (χ3n) is 1.82. The van der Waals surface area contributed by atoms with Crippen molar-refractivity contribution in [3.63, 3.8) is 0 Å². The lowest BCUT2D eigenvalue weighted by atomic mass is 10.3. The van der Waals surface area contributed by atoms with Gasteiger partial charge in [0.1, 0.15) is 6.07 Å². The first kappa shape index (κ1) is 16.3. The first-order chi connectivity index (χ1) is 9.23. The molecule has 0 radical (unpaired) electrons. The smallest absolute Gasteiger partial charge is 0.382 e. The Hall–Kier alpha value is -1.73. The van der Waals surface area contributed by atoms with Crippen molar-refractivity contribution in [1.82, 2.24) is 0 Å². The molecule has 0 aliphatic heterocycles. The van der Waals surface area contributed by atoms with Gasteiger partial charge in [0.15, 0.2) is 5.84 Å². The second-order valence-corrected chi connectivity index (χ2v) is 5.28. The van der Waals surface area contributed by atoms with Gasteiger partial charge in [-0.3, -0.25) is 10.8 Å². The van der Waals surface area contributed by atoms with Crippen LogP contribution in [0, 0.1) is 16.7 Å². The Morgan fingerprint density at radius 3 is 2.60 bits per heavy atom. The number of rotatable bonds is 4. The van der Waals surface area contributed by atoms with E-state index in [1.54, 1.807) is 6.07 Å². The van der Waals surface area contributed by atoms with Gasteiger partial charge in [-0.1, -0.05) is 0 Å². The maximum Gasteiger partial charge on any atom is 0.446 e. The number of amidine groups is 1. The molecule has 0 spiro atoms. The normalized spacial score (nSPS) is 11.8. The van der Waals surface area contributed by atoms with E-state index in [0.29, 0.717) is 10.2 Å². The highest BCUT2D eigenvalue weighted by atomic mass is 79.9. The predicted molar refractivity (Wildman–Crippen MR) is 74.6 cm³/mol. The summed E-state index contributed by atoms with van der Waals surface area (Å²) in [4.78, 5) is 0.00554. The van der Waals surface area contributed by atoms with Gasteiger partial charge in [0, 0.05) is 9.37 Å². The molecule has 0 heterocycles. The Balaban J connectivity index is 2.90. The Kier molecular flexibility index (Phi) is 5.41. The molecule has 0 atom stereocenters. The largest absolute Gasteiger partial charge is 0.446 e. The Morgan fingerprint density at radius 1 is 1.50 bits per heavy atom. The van der Waals surface area contributed by atoms with Crippen LogP contribution in [0.15, 0.2) is 32.7 Å². The van der Waals surface area contributed by atoms with Crippen LogP contribution in [0.1, 0.15) is 0 Å². The number of hydrogen-bond donors (Lipinski definition) is 3. The third kappa shape index (κ3) is 5.10. The van der Waals surface area contributed by atoms with E-state index in [9.17, 15) is 13.2 Å². The lowest BCUT2D eigenvalue weighted by molar-refractivity contribution is -0.0328. The first-order valence-corrected chi connectivity index (χ1v) is 6.47. The lowest BCUT2D eigenvalue weighted by Gasteiger charge is -2.08. The van der Waals surface area contributed by atoms with Crippen molar-refractivity contribution in [3.05, 3.63) is 22.7 Å². The average Bonchev–Trinajstić information content (AvgIpc) is 2.29. The highest BCUT2D eigenvalue weighted by Crippen LogP contribution is 2.39. The van der Waals surface area contributed by atoms with Gasteiger partial charge in [-0.05, 0) is 45.9 Å². The van der Waals surface area contributed by atoms with Crippen LogP contribution in [0.2, 0.25) is 0 Å². The molecule has 0 amide bonds. The van der Waals surface area contributed by atoms with E-state index in [1.807, 2.05) is 0 Å². The number of benzene rings is 1. The van der Waals surface area contributed by atoms with Gasteiger partial charge < -0.3 is 5.73 Å². The van der Waals surface area contributed by atoms with Crippen molar-refractivity contribution < 1.29 is 13.2 Å². The van der Waals surface area contributed by atoms with Crippen LogP contribution in [0.5, 0.6) is 0 Å². The van der Waals surface area contributed by atoms with Gasteiger partial charge >= 0.3 is 5.51 Å². The zero-order valence-corrected chi connectivity index (χ0v) is 12.0. The van der Waals surface area contributed by atoms with Crippen LogP contribution >= 0.6 is 27.7 Å². The molecular weight excluding hydrogens is 359 g/mol. The molecule has 5 nitrogen and oxygen atoms in total. The molecule has 0 bridgehead atoms. The van der Waals surface area contributed by atoms with Crippen molar-refractivity contribution in [2.24, 2.45) is 10.8 Å². The summed E-state index contributed by atoms with van der Waals surface area (Å²) in [5, 5.41) is 19.3. The maximum atomic E-state index is 12.2. The van der Waals surface area contributed by atoms with Gasteiger partial charge in [-0.2, -0.15) is 23.5 Å². The fourth-order valence-corrected chi connectivity index (χ4v) is 2.24. The molecule has 1 aromatic rings. The minimum absolute atomic E-state index is 0.00554. The van der Waals surface area contributed by atoms with Crippen molar-refractivity contribution in [3.8, 4) is 6.07 Å². The topological polar surface area (TPSA) is 98.0 Å². The molecule has 106 valence electrons. The van der Waals surface area contributed by atoms with E-state index in [2.05, 4.69) is 26.5 Å². The zero-order chi connectivity index (χ0) is 15.3. The molecule has 20 heavy (non-hydrogen) atoms. The minimum Gasteiger partial charge on any atom is -0.382 e. The van der Waals surface area contributed by atoms with Crippen LogP contribution in [0.25, 0.3) is 0 Å². The number of nitrogens with zero attached hydrogens (tertiary/aromatic N) is 2. The molecular formula is C10H7BrF3N5S. The van der Waals surface area contributed by atoms with Gasteiger partial charge in [0.2, 0.25) is 5.71 Å². The molecule has 0 saturated carbocycles. The summed E-state index contributed by atoms with van der Waals surface area (Å²) in [6.45, 7) is 0. The highest BCUT2D eigenvalue weighted by Gasteiger charge is 2.29. The number of alkyl halides is 3. The van der Waals surface area contributed by atoms with E-state index in [4.69, 9.17) is 16.4 Å². The Labute approximate surface area is 124 Å². The number of anilines is 1. The summed E-state index contributed by atoms with van der Waals surface area (Å²) in [6, 6.07) is 5.47. The molecule has 0 aromatic heterocycles. The zero-order valence-electron chi connectivity index (χ0n) is 9.62. The predicted octanol–water partition coefficient (Wildman–Crippen LogP) is 3.29. The molecule has 0 aliphatic rings. The first-order valence-electron chi connectivity index (χ1n) is 4.86.